The van der Waals surface area contributed by atoms with Crippen LogP contribution >= 0.6 is 0 Å². The molecule has 0 spiro atoms. The minimum atomic E-state index is -1.15. The Morgan fingerprint density at radius 3 is 2.79 bits per heavy atom. The smallest absolute Gasteiger partial charge is 0.356 e. The normalized spacial score (nSPS) is 10.1. The van der Waals surface area contributed by atoms with Crippen LogP contribution in [-0.4, -0.2) is 25.8 Å². The zero-order chi connectivity index (χ0) is 13.8. The molecule has 1 aromatic heterocycles. The van der Waals surface area contributed by atoms with Crippen molar-refractivity contribution in [3.05, 3.63) is 52.3 Å². The average Bonchev–Trinajstić information content (AvgIpc) is 2.85. The molecule has 19 heavy (non-hydrogen) atoms. The minimum absolute atomic E-state index is 0.0971. The van der Waals surface area contributed by atoms with Crippen molar-refractivity contribution in [2.45, 2.75) is 6.73 Å². The van der Waals surface area contributed by atoms with Gasteiger partial charge in [-0.3, -0.25) is 10.1 Å². The number of carboxylic acids is 1. The van der Waals surface area contributed by atoms with Crippen molar-refractivity contribution in [3.8, 4) is 5.75 Å². The molecule has 0 bridgehead atoms. The number of carbonyl (C=O) groups is 1. The number of nitro groups is 1. The molecule has 0 amide bonds. The van der Waals surface area contributed by atoms with Crippen LogP contribution in [0.2, 0.25) is 0 Å². The van der Waals surface area contributed by atoms with E-state index in [0.717, 1.165) is 0 Å². The Kier molecular flexibility index (Phi) is 3.42. The van der Waals surface area contributed by atoms with Crippen molar-refractivity contribution in [3.63, 3.8) is 0 Å². The molecule has 0 aliphatic rings. The summed E-state index contributed by atoms with van der Waals surface area (Å²) in [6.07, 6.45) is 1.41. The number of aromatic nitrogens is 2. The third-order valence-corrected chi connectivity index (χ3v) is 2.27. The van der Waals surface area contributed by atoms with Gasteiger partial charge in [0, 0.05) is 12.3 Å². The van der Waals surface area contributed by atoms with E-state index in [1.54, 1.807) is 6.07 Å². The largest absolute Gasteiger partial charge is 0.476 e. The van der Waals surface area contributed by atoms with Crippen LogP contribution in [0.1, 0.15) is 10.5 Å². The SMILES string of the molecule is O=C(O)c1ccn(COc2ccccc2[N+](=O)[O-])n1. The molecule has 8 nitrogen and oxygen atoms in total. The van der Waals surface area contributed by atoms with Crippen molar-refractivity contribution >= 4 is 11.7 Å². The lowest BCUT2D eigenvalue weighted by atomic mass is 10.3. The van der Waals surface area contributed by atoms with Gasteiger partial charge in [-0.2, -0.15) is 5.10 Å². The van der Waals surface area contributed by atoms with E-state index in [1.165, 1.54) is 35.1 Å². The standard InChI is InChI=1S/C11H9N3O5/c15-11(16)8-5-6-13(12-8)7-19-10-4-2-1-3-9(10)14(17)18/h1-6H,7H2,(H,15,16). The summed E-state index contributed by atoms with van der Waals surface area (Å²) in [7, 11) is 0. The first-order valence-corrected chi connectivity index (χ1v) is 5.21. The van der Waals surface area contributed by atoms with Gasteiger partial charge in [0.2, 0.25) is 0 Å². The van der Waals surface area contributed by atoms with Crippen LogP contribution in [0, 0.1) is 10.1 Å². The Morgan fingerprint density at radius 1 is 1.42 bits per heavy atom. The van der Waals surface area contributed by atoms with Crippen LogP contribution in [0.5, 0.6) is 5.75 Å². The topological polar surface area (TPSA) is 107 Å². The van der Waals surface area contributed by atoms with Crippen LogP contribution in [0.25, 0.3) is 0 Å². The molecule has 1 aromatic carbocycles. The Labute approximate surface area is 107 Å². The average molecular weight is 263 g/mol. The Hall–Kier alpha value is -2.90. The number of nitrogens with zero attached hydrogens (tertiary/aromatic N) is 3. The summed E-state index contributed by atoms with van der Waals surface area (Å²) in [6.45, 7) is -0.113. The Balaban J connectivity index is 2.10. The summed E-state index contributed by atoms with van der Waals surface area (Å²) in [6, 6.07) is 7.22. The predicted octanol–water partition coefficient (Wildman–Crippen LogP) is 1.53. The summed E-state index contributed by atoms with van der Waals surface area (Å²) < 4.78 is 6.48. The van der Waals surface area contributed by atoms with E-state index in [9.17, 15) is 14.9 Å². The zero-order valence-corrected chi connectivity index (χ0v) is 9.59. The van der Waals surface area contributed by atoms with Gasteiger partial charge < -0.3 is 9.84 Å². The number of hydrogen-bond donors (Lipinski definition) is 1. The number of aromatic carboxylic acids is 1. The second kappa shape index (κ2) is 5.17. The molecule has 1 N–H and O–H groups in total. The maximum atomic E-state index is 10.8. The number of benzene rings is 1. The van der Waals surface area contributed by atoms with E-state index in [0.29, 0.717) is 0 Å². The molecule has 0 radical (unpaired) electrons. The van der Waals surface area contributed by atoms with Gasteiger partial charge >= 0.3 is 11.7 Å². The number of rotatable bonds is 5. The van der Waals surface area contributed by atoms with E-state index < -0.39 is 10.9 Å². The molecular weight excluding hydrogens is 254 g/mol. The summed E-state index contributed by atoms with van der Waals surface area (Å²) in [5, 5.41) is 23.2. The van der Waals surface area contributed by atoms with Gasteiger partial charge in [0.25, 0.3) is 0 Å². The van der Waals surface area contributed by atoms with Gasteiger partial charge in [-0.1, -0.05) is 12.1 Å². The van der Waals surface area contributed by atoms with Crippen molar-refractivity contribution < 1.29 is 19.6 Å². The number of carboxylic acid groups (broad SMARTS) is 1. The van der Waals surface area contributed by atoms with Crippen molar-refractivity contribution in [2.24, 2.45) is 0 Å². The van der Waals surface area contributed by atoms with Gasteiger partial charge in [-0.05, 0) is 12.1 Å². The predicted molar refractivity (Wildman–Crippen MR) is 62.9 cm³/mol. The fourth-order valence-corrected chi connectivity index (χ4v) is 1.41. The maximum Gasteiger partial charge on any atom is 0.356 e. The lowest BCUT2D eigenvalue weighted by Gasteiger charge is -2.06. The number of hydrogen-bond acceptors (Lipinski definition) is 5. The Morgan fingerprint density at radius 2 is 2.16 bits per heavy atom. The molecule has 98 valence electrons. The third kappa shape index (κ3) is 2.86. The highest BCUT2D eigenvalue weighted by molar-refractivity contribution is 5.84. The first-order valence-electron chi connectivity index (χ1n) is 5.21. The molecule has 0 saturated carbocycles. The zero-order valence-electron chi connectivity index (χ0n) is 9.59. The second-order valence-corrected chi connectivity index (χ2v) is 3.54. The molecule has 0 aliphatic heterocycles. The summed E-state index contributed by atoms with van der Waals surface area (Å²) in [5.41, 5.74) is -0.278. The monoisotopic (exact) mass is 263 g/mol. The van der Waals surface area contributed by atoms with E-state index in [1.807, 2.05) is 0 Å². The van der Waals surface area contributed by atoms with Crippen LogP contribution in [0.15, 0.2) is 36.5 Å². The molecule has 0 aliphatic carbocycles. The fraction of sp³-hybridized carbons (Fsp3) is 0.0909. The van der Waals surface area contributed by atoms with Gasteiger partial charge in [-0.25, -0.2) is 9.48 Å². The van der Waals surface area contributed by atoms with Gasteiger partial charge in [-0.15, -0.1) is 0 Å². The quantitative estimate of drug-likeness (QED) is 0.647. The summed E-state index contributed by atoms with van der Waals surface area (Å²) in [4.78, 5) is 20.8. The number of nitro benzene ring substituents is 1. The lowest BCUT2D eigenvalue weighted by molar-refractivity contribution is -0.386. The third-order valence-electron chi connectivity index (χ3n) is 2.27. The first kappa shape index (κ1) is 12.6. The van der Waals surface area contributed by atoms with Gasteiger partial charge in [0.1, 0.15) is 0 Å². The molecule has 2 rings (SSSR count). The second-order valence-electron chi connectivity index (χ2n) is 3.54. The summed E-state index contributed by atoms with van der Waals surface area (Å²) in [5.74, 6) is -1.05. The van der Waals surface area contributed by atoms with Crippen LogP contribution in [0.3, 0.4) is 0 Å². The van der Waals surface area contributed by atoms with E-state index >= 15 is 0 Å². The van der Waals surface area contributed by atoms with Crippen LogP contribution < -0.4 is 4.74 Å². The van der Waals surface area contributed by atoms with E-state index in [-0.39, 0.29) is 23.9 Å². The molecule has 0 unspecified atom stereocenters. The Bertz CT molecular complexity index is 622. The molecule has 0 atom stereocenters. The molecule has 8 heteroatoms. The highest BCUT2D eigenvalue weighted by atomic mass is 16.6. The number of ether oxygens (including phenoxy) is 1. The van der Waals surface area contributed by atoms with Gasteiger partial charge in [0.15, 0.2) is 18.2 Å². The fourth-order valence-electron chi connectivity index (χ4n) is 1.41. The highest BCUT2D eigenvalue weighted by Crippen LogP contribution is 2.25. The maximum absolute atomic E-state index is 10.8. The number of para-hydroxylation sites is 2. The molecule has 0 fully saturated rings. The lowest BCUT2D eigenvalue weighted by Crippen LogP contribution is -2.08. The van der Waals surface area contributed by atoms with Crippen LogP contribution in [-0.2, 0) is 6.73 Å². The van der Waals surface area contributed by atoms with Crippen molar-refractivity contribution in [1.82, 2.24) is 9.78 Å². The van der Waals surface area contributed by atoms with Crippen LogP contribution in [0.4, 0.5) is 5.69 Å². The molecule has 2 aromatic rings. The molecular formula is C11H9N3O5. The van der Waals surface area contributed by atoms with Crippen molar-refractivity contribution in [2.75, 3.05) is 0 Å². The molecule has 0 saturated heterocycles. The van der Waals surface area contributed by atoms with E-state index in [2.05, 4.69) is 5.10 Å². The highest BCUT2D eigenvalue weighted by Gasteiger charge is 2.14. The van der Waals surface area contributed by atoms with Crippen molar-refractivity contribution in [1.29, 1.82) is 0 Å². The van der Waals surface area contributed by atoms with E-state index in [4.69, 9.17) is 9.84 Å². The first-order chi connectivity index (χ1) is 9.08. The van der Waals surface area contributed by atoms with Gasteiger partial charge in [0.05, 0.1) is 4.92 Å². The molecule has 1 heterocycles. The minimum Gasteiger partial charge on any atom is -0.476 e. The summed E-state index contributed by atoms with van der Waals surface area (Å²) >= 11 is 0.